The summed E-state index contributed by atoms with van der Waals surface area (Å²) in [7, 11) is 1.84. The van der Waals surface area contributed by atoms with Crippen LogP contribution in [-0.4, -0.2) is 35.0 Å². The lowest BCUT2D eigenvalue weighted by Crippen LogP contribution is -2.42. The maximum Gasteiger partial charge on any atom is 0.191 e. The second-order valence-electron chi connectivity index (χ2n) is 5.40. The SMILES string of the molecule is CCSC1CCC(NC(=NC)NCc2sc(C)nc2C)C1.I. The van der Waals surface area contributed by atoms with Crippen LogP contribution in [0.3, 0.4) is 0 Å². The predicted octanol–water partition coefficient (Wildman–Crippen LogP) is 3.72. The number of guanidine groups is 1. The second kappa shape index (κ2) is 9.97. The fourth-order valence-electron chi connectivity index (χ4n) is 2.75. The molecule has 2 rings (SSSR count). The van der Waals surface area contributed by atoms with Gasteiger partial charge in [-0.15, -0.1) is 35.3 Å². The van der Waals surface area contributed by atoms with Crippen molar-refractivity contribution >= 4 is 53.0 Å². The summed E-state index contributed by atoms with van der Waals surface area (Å²) in [4.78, 5) is 10.1. The number of aliphatic imine (C=N–C) groups is 1. The maximum absolute atomic E-state index is 4.46. The van der Waals surface area contributed by atoms with Crippen LogP contribution in [0.5, 0.6) is 0 Å². The molecule has 1 aliphatic carbocycles. The Balaban J connectivity index is 0.00000242. The van der Waals surface area contributed by atoms with Crippen molar-refractivity contribution in [2.75, 3.05) is 12.8 Å². The first-order valence-electron chi connectivity index (χ1n) is 7.64. The standard InChI is InChI=1S/C15H26N4S2.HI/c1-5-20-13-7-6-12(8-13)19-15(16-4)17-9-14-10(2)18-11(3)21-14;/h12-13H,5-9H2,1-4H3,(H2,16,17,19);1H. The van der Waals surface area contributed by atoms with E-state index in [4.69, 9.17) is 0 Å². The van der Waals surface area contributed by atoms with Crippen LogP contribution >= 0.6 is 47.1 Å². The van der Waals surface area contributed by atoms with Gasteiger partial charge >= 0.3 is 0 Å². The molecule has 2 atom stereocenters. The predicted molar refractivity (Wildman–Crippen MR) is 110 cm³/mol. The van der Waals surface area contributed by atoms with Gasteiger partial charge in [0.25, 0.3) is 0 Å². The molecular formula is C15H27IN4S2. The van der Waals surface area contributed by atoms with Gasteiger partial charge in [-0.1, -0.05) is 6.92 Å². The summed E-state index contributed by atoms with van der Waals surface area (Å²) in [5.41, 5.74) is 1.13. The van der Waals surface area contributed by atoms with E-state index in [9.17, 15) is 0 Å². The molecule has 1 aromatic heterocycles. The number of aryl methyl sites for hydroxylation is 2. The zero-order valence-corrected chi connectivity index (χ0v) is 17.8. The second-order valence-corrected chi connectivity index (χ2v) is 8.26. The first kappa shape index (κ1) is 20.0. The van der Waals surface area contributed by atoms with E-state index in [-0.39, 0.29) is 24.0 Å². The van der Waals surface area contributed by atoms with Crippen LogP contribution in [0.1, 0.15) is 41.8 Å². The molecule has 126 valence electrons. The van der Waals surface area contributed by atoms with Crippen LogP contribution in [0.25, 0.3) is 0 Å². The van der Waals surface area contributed by atoms with Crippen LogP contribution in [0, 0.1) is 13.8 Å². The summed E-state index contributed by atoms with van der Waals surface area (Å²) >= 11 is 3.84. The number of thioether (sulfide) groups is 1. The van der Waals surface area contributed by atoms with Gasteiger partial charge in [0.15, 0.2) is 5.96 Å². The summed E-state index contributed by atoms with van der Waals surface area (Å²) < 4.78 is 0. The Kier molecular flexibility index (Phi) is 9.08. The Labute approximate surface area is 159 Å². The fraction of sp³-hybridized carbons (Fsp3) is 0.733. The number of nitrogens with zero attached hydrogens (tertiary/aromatic N) is 2. The largest absolute Gasteiger partial charge is 0.354 e. The minimum Gasteiger partial charge on any atom is -0.354 e. The van der Waals surface area contributed by atoms with E-state index in [1.165, 1.54) is 29.9 Å². The van der Waals surface area contributed by atoms with E-state index in [1.54, 1.807) is 11.3 Å². The molecule has 7 heteroatoms. The summed E-state index contributed by atoms with van der Waals surface area (Å²) in [5.74, 6) is 2.13. The Morgan fingerprint density at radius 2 is 2.18 bits per heavy atom. The molecule has 0 spiro atoms. The van der Waals surface area contributed by atoms with Crippen LogP contribution in [0.15, 0.2) is 4.99 Å². The smallest absolute Gasteiger partial charge is 0.191 e. The van der Waals surface area contributed by atoms with Crippen molar-refractivity contribution in [1.29, 1.82) is 0 Å². The van der Waals surface area contributed by atoms with Gasteiger partial charge in [-0.05, 0) is 38.9 Å². The number of aromatic nitrogens is 1. The molecule has 0 radical (unpaired) electrons. The van der Waals surface area contributed by atoms with E-state index in [2.05, 4.69) is 53.1 Å². The lowest BCUT2D eigenvalue weighted by atomic mass is 10.2. The molecule has 22 heavy (non-hydrogen) atoms. The van der Waals surface area contributed by atoms with Crippen LogP contribution in [0.4, 0.5) is 0 Å². The monoisotopic (exact) mass is 454 g/mol. The molecule has 0 saturated heterocycles. The van der Waals surface area contributed by atoms with Gasteiger partial charge in [0.1, 0.15) is 0 Å². The highest BCUT2D eigenvalue weighted by atomic mass is 127. The molecule has 0 aromatic carbocycles. The average Bonchev–Trinajstić information content (AvgIpc) is 3.01. The molecule has 0 amide bonds. The van der Waals surface area contributed by atoms with Gasteiger partial charge in [0.05, 0.1) is 17.2 Å². The fourth-order valence-corrected chi connectivity index (χ4v) is 4.77. The summed E-state index contributed by atoms with van der Waals surface area (Å²) in [5, 5.41) is 8.92. The third-order valence-corrected chi connectivity index (χ3v) is 6.07. The van der Waals surface area contributed by atoms with Crippen LogP contribution in [0.2, 0.25) is 0 Å². The van der Waals surface area contributed by atoms with Crippen molar-refractivity contribution in [3.05, 3.63) is 15.6 Å². The number of halogens is 1. The van der Waals surface area contributed by atoms with Crippen molar-refractivity contribution in [3.8, 4) is 0 Å². The number of nitrogens with one attached hydrogen (secondary N) is 2. The van der Waals surface area contributed by atoms with Gasteiger partial charge < -0.3 is 10.6 Å². The van der Waals surface area contributed by atoms with Crippen molar-refractivity contribution in [3.63, 3.8) is 0 Å². The molecule has 0 bridgehead atoms. The van der Waals surface area contributed by atoms with E-state index in [0.717, 1.165) is 28.5 Å². The zero-order chi connectivity index (χ0) is 15.2. The summed E-state index contributed by atoms with van der Waals surface area (Å²) in [6.45, 7) is 7.17. The Morgan fingerprint density at radius 3 is 2.77 bits per heavy atom. The zero-order valence-electron chi connectivity index (χ0n) is 13.8. The van der Waals surface area contributed by atoms with Crippen molar-refractivity contribution in [2.24, 2.45) is 4.99 Å². The minimum absolute atomic E-state index is 0. The van der Waals surface area contributed by atoms with E-state index < -0.39 is 0 Å². The van der Waals surface area contributed by atoms with Crippen LogP contribution in [-0.2, 0) is 6.54 Å². The highest BCUT2D eigenvalue weighted by Crippen LogP contribution is 2.29. The van der Waals surface area contributed by atoms with E-state index in [0.29, 0.717) is 6.04 Å². The van der Waals surface area contributed by atoms with Crippen molar-refractivity contribution in [2.45, 2.75) is 57.9 Å². The first-order chi connectivity index (χ1) is 10.1. The normalized spacial score (nSPS) is 21.5. The molecule has 4 nitrogen and oxygen atoms in total. The van der Waals surface area contributed by atoms with Crippen molar-refractivity contribution in [1.82, 2.24) is 15.6 Å². The lowest BCUT2D eigenvalue weighted by Gasteiger charge is -2.17. The van der Waals surface area contributed by atoms with Crippen molar-refractivity contribution < 1.29 is 0 Å². The quantitative estimate of drug-likeness (QED) is 0.405. The molecule has 1 heterocycles. The van der Waals surface area contributed by atoms with Gasteiger partial charge in [-0.2, -0.15) is 11.8 Å². The summed E-state index contributed by atoms with van der Waals surface area (Å²) in [6, 6.07) is 0.560. The molecule has 2 unspecified atom stereocenters. The molecule has 1 aliphatic rings. The third-order valence-electron chi connectivity index (χ3n) is 3.77. The van der Waals surface area contributed by atoms with Gasteiger partial charge in [-0.25, -0.2) is 4.98 Å². The lowest BCUT2D eigenvalue weighted by molar-refractivity contribution is 0.615. The Bertz CT molecular complexity index is 490. The first-order valence-corrected chi connectivity index (χ1v) is 9.50. The highest BCUT2D eigenvalue weighted by Gasteiger charge is 2.25. The van der Waals surface area contributed by atoms with Gasteiger partial charge in [-0.3, -0.25) is 4.99 Å². The minimum atomic E-state index is 0. The Morgan fingerprint density at radius 1 is 1.41 bits per heavy atom. The number of hydrogen-bond donors (Lipinski definition) is 2. The molecule has 0 aliphatic heterocycles. The molecule has 1 aromatic rings. The third kappa shape index (κ3) is 5.88. The van der Waals surface area contributed by atoms with Crippen LogP contribution < -0.4 is 10.6 Å². The average molecular weight is 454 g/mol. The molecule has 1 fully saturated rings. The van der Waals surface area contributed by atoms with E-state index >= 15 is 0 Å². The maximum atomic E-state index is 4.46. The number of hydrogen-bond acceptors (Lipinski definition) is 4. The summed E-state index contributed by atoms with van der Waals surface area (Å²) in [6.07, 6.45) is 3.81. The molecular weight excluding hydrogens is 427 g/mol. The van der Waals surface area contributed by atoms with Gasteiger partial charge in [0.2, 0.25) is 0 Å². The highest BCUT2D eigenvalue weighted by molar-refractivity contribution is 14.0. The molecule has 1 saturated carbocycles. The molecule has 2 N–H and O–H groups in total. The Hall–Kier alpha value is -0.0200. The number of thiazole rings is 1. The van der Waals surface area contributed by atoms with Gasteiger partial charge in [0, 0.05) is 23.2 Å². The topological polar surface area (TPSA) is 49.3 Å². The number of rotatable bonds is 5. The van der Waals surface area contributed by atoms with E-state index in [1.807, 2.05) is 7.05 Å².